The Bertz CT molecular complexity index is 441. The Kier molecular flexibility index (Phi) is 3.75. The molecular formula is C13H19NO3S. The Hall–Kier alpha value is -0.910. The zero-order valence-electron chi connectivity index (χ0n) is 11.0. The van der Waals surface area contributed by atoms with Crippen molar-refractivity contribution in [2.24, 2.45) is 0 Å². The van der Waals surface area contributed by atoms with E-state index in [1.165, 1.54) is 11.3 Å². The molecule has 0 radical (unpaired) electrons. The highest BCUT2D eigenvalue weighted by molar-refractivity contribution is 7.12. The van der Waals surface area contributed by atoms with Gasteiger partial charge in [0.15, 0.2) is 0 Å². The second kappa shape index (κ2) is 4.99. The first-order valence-corrected chi connectivity index (χ1v) is 6.95. The molecule has 1 aromatic heterocycles. The van der Waals surface area contributed by atoms with Crippen molar-refractivity contribution in [2.45, 2.75) is 39.0 Å². The van der Waals surface area contributed by atoms with Crippen LogP contribution in [0.1, 0.15) is 36.0 Å². The van der Waals surface area contributed by atoms with Gasteiger partial charge in [-0.3, -0.25) is 4.90 Å². The van der Waals surface area contributed by atoms with E-state index in [4.69, 9.17) is 9.84 Å². The van der Waals surface area contributed by atoms with Crippen molar-refractivity contribution in [3.63, 3.8) is 0 Å². The number of nitrogens with zero attached hydrogens (tertiary/aromatic N) is 1. The van der Waals surface area contributed by atoms with Crippen LogP contribution in [0.3, 0.4) is 0 Å². The van der Waals surface area contributed by atoms with Crippen LogP contribution in [0.5, 0.6) is 0 Å². The lowest BCUT2D eigenvalue weighted by Crippen LogP contribution is -2.51. The lowest BCUT2D eigenvalue weighted by molar-refractivity contribution is -0.130. The average molecular weight is 269 g/mol. The van der Waals surface area contributed by atoms with Gasteiger partial charge in [0.1, 0.15) is 4.88 Å². The van der Waals surface area contributed by atoms with Crippen molar-refractivity contribution in [3.05, 3.63) is 21.9 Å². The summed E-state index contributed by atoms with van der Waals surface area (Å²) in [7, 11) is 0. The van der Waals surface area contributed by atoms with Crippen LogP contribution >= 0.6 is 11.3 Å². The quantitative estimate of drug-likeness (QED) is 0.915. The van der Waals surface area contributed by atoms with E-state index in [-0.39, 0.29) is 11.7 Å². The van der Waals surface area contributed by atoms with Gasteiger partial charge in [-0.2, -0.15) is 0 Å². The second-order valence-corrected chi connectivity index (χ2v) is 6.35. The van der Waals surface area contributed by atoms with Gasteiger partial charge in [-0.05, 0) is 37.8 Å². The van der Waals surface area contributed by atoms with Gasteiger partial charge in [-0.25, -0.2) is 4.79 Å². The third-order valence-electron chi connectivity index (χ3n) is 2.97. The summed E-state index contributed by atoms with van der Waals surface area (Å²) < 4.78 is 5.85. The fourth-order valence-corrected chi connectivity index (χ4v) is 3.35. The summed E-state index contributed by atoms with van der Waals surface area (Å²) in [5.41, 5.74) is 0.731. The lowest BCUT2D eigenvalue weighted by atomic mass is 10.0. The predicted molar refractivity (Wildman–Crippen MR) is 71.2 cm³/mol. The SMILES string of the molecule is CC1CN(Cc2ccsc2C(=O)O)CC(C)(C)O1. The number of thiophene rings is 1. The van der Waals surface area contributed by atoms with E-state index in [1.54, 1.807) is 0 Å². The molecular weight excluding hydrogens is 250 g/mol. The average Bonchev–Trinajstić information content (AvgIpc) is 2.62. The van der Waals surface area contributed by atoms with Crippen LogP contribution in [0.25, 0.3) is 0 Å². The molecule has 0 aliphatic carbocycles. The molecule has 0 aromatic carbocycles. The van der Waals surface area contributed by atoms with Crippen LogP contribution < -0.4 is 0 Å². The normalized spacial score (nSPS) is 24.1. The van der Waals surface area contributed by atoms with Crippen LogP contribution in [0, 0.1) is 0 Å². The number of ether oxygens (including phenoxy) is 1. The number of carbonyl (C=O) groups is 1. The fraction of sp³-hybridized carbons (Fsp3) is 0.615. The van der Waals surface area contributed by atoms with Crippen molar-refractivity contribution in [3.8, 4) is 0 Å². The molecule has 0 amide bonds. The van der Waals surface area contributed by atoms with Crippen molar-refractivity contribution < 1.29 is 14.6 Å². The molecule has 100 valence electrons. The Morgan fingerprint density at radius 1 is 1.67 bits per heavy atom. The molecule has 1 N–H and O–H groups in total. The zero-order valence-corrected chi connectivity index (χ0v) is 11.8. The first kappa shape index (κ1) is 13.5. The molecule has 5 heteroatoms. The number of carboxylic acids is 1. The zero-order chi connectivity index (χ0) is 13.3. The number of carboxylic acid groups (broad SMARTS) is 1. The Labute approximate surface area is 111 Å². The molecule has 2 rings (SSSR count). The summed E-state index contributed by atoms with van der Waals surface area (Å²) in [4.78, 5) is 13.8. The highest BCUT2D eigenvalue weighted by atomic mass is 32.1. The molecule has 18 heavy (non-hydrogen) atoms. The standard InChI is InChI=1S/C13H19NO3S/c1-9-6-14(8-13(2,3)17-9)7-10-4-5-18-11(10)12(15)16/h4-5,9H,6-8H2,1-3H3,(H,15,16). The molecule has 0 saturated carbocycles. The minimum atomic E-state index is -0.833. The van der Waals surface area contributed by atoms with E-state index >= 15 is 0 Å². The Morgan fingerprint density at radius 3 is 3.00 bits per heavy atom. The van der Waals surface area contributed by atoms with E-state index in [9.17, 15) is 4.79 Å². The van der Waals surface area contributed by atoms with Crippen molar-refractivity contribution in [1.29, 1.82) is 0 Å². The predicted octanol–water partition coefficient (Wildman–Crippen LogP) is 2.45. The molecule has 1 aliphatic rings. The summed E-state index contributed by atoms with van der Waals surface area (Å²) in [6, 6.07) is 1.90. The van der Waals surface area contributed by atoms with Crippen LogP contribution in [0.2, 0.25) is 0 Å². The monoisotopic (exact) mass is 269 g/mol. The summed E-state index contributed by atoms with van der Waals surface area (Å²) in [6.07, 6.45) is 0.181. The Morgan fingerprint density at radius 2 is 2.39 bits per heavy atom. The largest absolute Gasteiger partial charge is 0.477 e. The lowest BCUT2D eigenvalue weighted by Gasteiger charge is -2.41. The van der Waals surface area contributed by atoms with Crippen LogP contribution in [-0.4, -0.2) is 40.8 Å². The maximum absolute atomic E-state index is 11.1. The van der Waals surface area contributed by atoms with Gasteiger partial charge in [0, 0.05) is 19.6 Å². The highest BCUT2D eigenvalue weighted by Crippen LogP contribution is 2.24. The molecule has 1 aliphatic heterocycles. The molecule has 2 heterocycles. The van der Waals surface area contributed by atoms with E-state index < -0.39 is 5.97 Å². The van der Waals surface area contributed by atoms with Gasteiger partial charge in [0.25, 0.3) is 0 Å². The number of aromatic carboxylic acids is 1. The smallest absolute Gasteiger partial charge is 0.346 e. The van der Waals surface area contributed by atoms with Gasteiger partial charge < -0.3 is 9.84 Å². The molecule has 1 aromatic rings. The van der Waals surface area contributed by atoms with Crippen LogP contribution in [-0.2, 0) is 11.3 Å². The number of rotatable bonds is 3. The molecule has 1 saturated heterocycles. The second-order valence-electron chi connectivity index (χ2n) is 5.44. The minimum Gasteiger partial charge on any atom is -0.477 e. The first-order valence-electron chi connectivity index (χ1n) is 6.07. The topological polar surface area (TPSA) is 49.8 Å². The third-order valence-corrected chi connectivity index (χ3v) is 3.92. The molecule has 1 unspecified atom stereocenters. The first-order chi connectivity index (χ1) is 8.37. The number of hydrogen-bond acceptors (Lipinski definition) is 4. The molecule has 0 spiro atoms. The van der Waals surface area contributed by atoms with Crippen molar-refractivity contribution >= 4 is 17.3 Å². The maximum Gasteiger partial charge on any atom is 0.346 e. The van der Waals surface area contributed by atoms with Gasteiger partial charge in [0.05, 0.1) is 11.7 Å². The third kappa shape index (κ3) is 3.10. The van der Waals surface area contributed by atoms with Crippen molar-refractivity contribution in [1.82, 2.24) is 4.90 Å². The summed E-state index contributed by atoms with van der Waals surface area (Å²) >= 11 is 1.29. The summed E-state index contributed by atoms with van der Waals surface area (Å²) in [5, 5.41) is 10.9. The van der Waals surface area contributed by atoms with Gasteiger partial charge in [-0.1, -0.05) is 0 Å². The van der Waals surface area contributed by atoms with Crippen LogP contribution in [0.4, 0.5) is 0 Å². The summed E-state index contributed by atoms with van der Waals surface area (Å²) in [5.74, 6) is -0.833. The summed E-state index contributed by atoms with van der Waals surface area (Å²) in [6.45, 7) is 8.55. The van der Waals surface area contributed by atoms with Crippen molar-refractivity contribution in [2.75, 3.05) is 13.1 Å². The highest BCUT2D eigenvalue weighted by Gasteiger charge is 2.31. The molecule has 1 atom stereocenters. The van der Waals surface area contributed by atoms with Gasteiger partial charge in [-0.15, -0.1) is 11.3 Å². The number of morpholine rings is 1. The molecule has 1 fully saturated rings. The molecule has 4 nitrogen and oxygen atoms in total. The van der Waals surface area contributed by atoms with E-state index in [0.717, 1.165) is 18.7 Å². The van der Waals surface area contributed by atoms with Gasteiger partial charge >= 0.3 is 5.97 Å². The number of hydrogen-bond donors (Lipinski definition) is 1. The Balaban J connectivity index is 2.09. The molecule has 0 bridgehead atoms. The van der Waals surface area contributed by atoms with E-state index in [0.29, 0.717) is 11.4 Å². The van der Waals surface area contributed by atoms with E-state index in [1.807, 2.05) is 11.4 Å². The van der Waals surface area contributed by atoms with E-state index in [2.05, 4.69) is 25.7 Å². The maximum atomic E-state index is 11.1. The minimum absolute atomic E-state index is 0.170. The van der Waals surface area contributed by atoms with Gasteiger partial charge in [0.2, 0.25) is 0 Å². The fourth-order valence-electron chi connectivity index (χ4n) is 2.60. The van der Waals surface area contributed by atoms with Crippen LogP contribution in [0.15, 0.2) is 11.4 Å².